The number of alkyl halides is 3. The number of ether oxygens (including phenoxy) is 1. The first-order valence-electron chi connectivity index (χ1n) is 8.08. The lowest BCUT2D eigenvalue weighted by Crippen LogP contribution is -2.48. The van der Waals surface area contributed by atoms with E-state index in [9.17, 15) is 18.0 Å². The van der Waals surface area contributed by atoms with E-state index in [1.54, 1.807) is 18.2 Å². The molecule has 1 saturated heterocycles. The Morgan fingerprint density at radius 3 is 2.56 bits per heavy atom. The van der Waals surface area contributed by atoms with Crippen molar-refractivity contribution >= 4 is 17.3 Å². The van der Waals surface area contributed by atoms with Gasteiger partial charge in [0, 0.05) is 45.0 Å². The zero-order valence-corrected chi connectivity index (χ0v) is 14.6. The minimum Gasteiger partial charge on any atom is -0.383 e. The van der Waals surface area contributed by atoms with Crippen LogP contribution >= 0.6 is 0 Å². The summed E-state index contributed by atoms with van der Waals surface area (Å²) in [6, 6.07) is 6.93. The summed E-state index contributed by atoms with van der Waals surface area (Å²) in [6.07, 6.45) is -4.96. The molecule has 1 fully saturated rings. The highest BCUT2D eigenvalue weighted by Gasteiger charge is 2.44. The van der Waals surface area contributed by atoms with E-state index < -0.39 is 18.1 Å². The maximum atomic E-state index is 13.0. The minimum atomic E-state index is -4.96. The van der Waals surface area contributed by atoms with Crippen LogP contribution in [0.3, 0.4) is 0 Å². The highest BCUT2D eigenvalue weighted by molar-refractivity contribution is 5.98. The zero-order chi connectivity index (χ0) is 18.6. The van der Waals surface area contributed by atoms with Gasteiger partial charge in [-0.1, -0.05) is 6.07 Å². The molecule has 1 radical (unpaired) electrons. The second-order valence-corrected chi connectivity index (χ2v) is 6.20. The molecule has 0 aromatic heterocycles. The molecule has 1 atom stereocenters. The number of carbonyl (C=O) groups excluding carboxylic acids is 1. The van der Waals surface area contributed by atoms with E-state index in [4.69, 9.17) is 4.74 Å². The van der Waals surface area contributed by atoms with Crippen molar-refractivity contribution in [3.05, 3.63) is 24.3 Å². The van der Waals surface area contributed by atoms with Crippen LogP contribution < -0.4 is 9.80 Å². The molecule has 25 heavy (non-hydrogen) atoms. The number of methoxy groups -OCH3 is 1. The largest absolute Gasteiger partial charge is 0.471 e. The summed E-state index contributed by atoms with van der Waals surface area (Å²) in [5.74, 6) is -1.91. The summed E-state index contributed by atoms with van der Waals surface area (Å²) in [5.41, 5.74) is 0.884. The predicted molar refractivity (Wildman–Crippen MR) is 89.9 cm³/mol. The van der Waals surface area contributed by atoms with Crippen LogP contribution in [0.25, 0.3) is 0 Å². The fourth-order valence-electron chi connectivity index (χ4n) is 2.84. The SMILES string of the molecule is COC[C@H](C)N(C(=O)C(F)(F)F)c1[c]ccc(N2CCN(C)CC2)c1. The zero-order valence-electron chi connectivity index (χ0n) is 14.6. The highest BCUT2D eigenvalue weighted by atomic mass is 19.4. The number of rotatable bonds is 5. The molecule has 8 heteroatoms. The molecule has 1 aromatic carbocycles. The number of amides is 1. The molecule has 1 aliphatic rings. The number of piperazine rings is 1. The molecule has 0 N–H and O–H groups in total. The van der Waals surface area contributed by atoms with Crippen LogP contribution in [0.5, 0.6) is 0 Å². The molecular formula is C17H23F3N3O2. The van der Waals surface area contributed by atoms with Gasteiger partial charge in [0.2, 0.25) is 0 Å². The summed E-state index contributed by atoms with van der Waals surface area (Å²) in [4.78, 5) is 16.9. The lowest BCUT2D eigenvalue weighted by molar-refractivity contribution is -0.171. The van der Waals surface area contributed by atoms with Gasteiger partial charge in [0.15, 0.2) is 0 Å². The molecule has 139 valence electrons. The highest BCUT2D eigenvalue weighted by Crippen LogP contribution is 2.29. The van der Waals surface area contributed by atoms with Crippen molar-refractivity contribution in [3.63, 3.8) is 0 Å². The summed E-state index contributed by atoms with van der Waals surface area (Å²) >= 11 is 0. The smallest absolute Gasteiger partial charge is 0.383 e. The van der Waals surface area contributed by atoms with Crippen molar-refractivity contribution in [2.45, 2.75) is 19.1 Å². The Morgan fingerprint density at radius 2 is 2.00 bits per heavy atom. The third-order valence-electron chi connectivity index (χ3n) is 4.21. The molecular weight excluding hydrogens is 335 g/mol. The maximum Gasteiger partial charge on any atom is 0.471 e. The van der Waals surface area contributed by atoms with Crippen LogP contribution in [0.2, 0.25) is 0 Å². The summed E-state index contributed by atoms with van der Waals surface area (Å²) in [5, 5.41) is 0. The van der Waals surface area contributed by atoms with Gasteiger partial charge in [0.1, 0.15) is 0 Å². The van der Waals surface area contributed by atoms with Crippen LogP contribution in [0, 0.1) is 6.07 Å². The molecule has 0 spiro atoms. The first-order valence-corrected chi connectivity index (χ1v) is 8.08. The molecule has 2 rings (SSSR count). The summed E-state index contributed by atoms with van der Waals surface area (Å²) in [6.45, 7) is 4.82. The van der Waals surface area contributed by atoms with Gasteiger partial charge in [0.25, 0.3) is 0 Å². The monoisotopic (exact) mass is 358 g/mol. The number of carbonyl (C=O) groups is 1. The van der Waals surface area contributed by atoms with Crippen LogP contribution in [0.15, 0.2) is 18.2 Å². The normalized spacial score (nSPS) is 17.4. The lowest BCUT2D eigenvalue weighted by Gasteiger charge is -2.35. The molecule has 1 aromatic rings. The maximum absolute atomic E-state index is 13.0. The summed E-state index contributed by atoms with van der Waals surface area (Å²) in [7, 11) is 3.41. The van der Waals surface area contributed by atoms with Crippen molar-refractivity contribution in [3.8, 4) is 0 Å². The number of hydrogen-bond donors (Lipinski definition) is 0. The molecule has 1 amide bonds. The Hall–Kier alpha value is -1.80. The second-order valence-electron chi connectivity index (χ2n) is 6.20. The Morgan fingerprint density at radius 1 is 1.36 bits per heavy atom. The average molecular weight is 358 g/mol. The van der Waals surface area contributed by atoms with Crippen molar-refractivity contribution in [1.82, 2.24) is 4.90 Å². The quantitative estimate of drug-likeness (QED) is 0.808. The topological polar surface area (TPSA) is 36.0 Å². The number of likely N-dealkylation sites (N-methyl/N-ethyl adjacent to an activating group) is 1. The second kappa shape index (κ2) is 8.05. The average Bonchev–Trinajstić information content (AvgIpc) is 2.55. The fourth-order valence-corrected chi connectivity index (χ4v) is 2.84. The van der Waals surface area contributed by atoms with Gasteiger partial charge >= 0.3 is 12.1 Å². The van der Waals surface area contributed by atoms with Crippen LogP contribution in [0.1, 0.15) is 6.92 Å². The molecule has 5 nitrogen and oxygen atoms in total. The van der Waals surface area contributed by atoms with E-state index in [0.29, 0.717) is 4.90 Å². The predicted octanol–water partition coefficient (Wildman–Crippen LogP) is 2.17. The van der Waals surface area contributed by atoms with Gasteiger partial charge in [-0.3, -0.25) is 9.69 Å². The first-order chi connectivity index (χ1) is 11.7. The van der Waals surface area contributed by atoms with E-state index in [-0.39, 0.29) is 12.3 Å². The Bertz CT molecular complexity index is 587. The summed E-state index contributed by atoms with van der Waals surface area (Å²) < 4.78 is 44.0. The fraction of sp³-hybridized carbons (Fsp3) is 0.588. The third-order valence-corrected chi connectivity index (χ3v) is 4.21. The Labute approximate surface area is 145 Å². The molecule has 0 bridgehead atoms. The Kier molecular flexibility index (Phi) is 6.29. The van der Waals surface area contributed by atoms with Gasteiger partial charge in [-0.15, -0.1) is 0 Å². The van der Waals surface area contributed by atoms with E-state index in [1.807, 2.05) is 7.05 Å². The van der Waals surface area contributed by atoms with Crippen LogP contribution in [0.4, 0.5) is 24.5 Å². The number of halogens is 3. The molecule has 1 heterocycles. The van der Waals surface area contributed by atoms with Crippen LogP contribution in [-0.4, -0.2) is 70.0 Å². The van der Waals surface area contributed by atoms with Crippen molar-refractivity contribution in [2.75, 3.05) is 56.7 Å². The van der Waals surface area contributed by atoms with Crippen molar-refractivity contribution in [1.29, 1.82) is 0 Å². The Balaban J connectivity index is 2.31. The minimum absolute atomic E-state index is 0.00556. The van der Waals surface area contributed by atoms with Gasteiger partial charge in [0.05, 0.1) is 18.3 Å². The van der Waals surface area contributed by atoms with Gasteiger partial charge in [-0.2, -0.15) is 13.2 Å². The standard InChI is InChI=1S/C17H23F3N3O2/c1-13(12-25-3)23(16(24)17(18,19)20)15-6-4-5-14(11-15)22-9-7-21(2)8-10-22/h4-5,11,13H,7-10,12H2,1-3H3/t13-/m0/s1. The van der Waals surface area contributed by atoms with E-state index in [1.165, 1.54) is 14.0 Å². The third kappa shape index (κ3) is 4.85. The number of anilines is 2. The molecule has 0 saturated carbocycles. The van der Waals surface area contributed by atoms with E-state index >= 15 is 0 Å². The van der Waals surface area contributed by atoms with Gasteiger partial charge < -0.3 is 14.5 Å². The molecule has 0 aliphatic carbocycles. The number of nitrogens with zero attached hydrogens (tertiary/aromatic N) is 3. The van der Waals surface area contributed by atoms with Gasteiger partial charge in [-0.05, 0) is 26.1 Å². The van der Waals surface area contributed by atoms with Crippen LogP contribution in [-0.2, 0) is 9.53 Å². The number of benzene rings is 1. The molecule has 1 aliphatic heterocycles. The molecule has 0 unspecified atom stereocenters. The number of hydrogen-bond acceptors (Lipinski definition) is 4. The van der Waals surface area contributed by atoms with E-state index in [0.717, 1.165) is 31.9 Å². The van der Waals surface area contributed by atoms with Crippen molar-refractivity contribution < 1.29 is 22.7 Å². The van der Waals surface area contributed by atoms with Gasteiger partial charge in [-0.25, -0.2) is 0 Å². The lowest BCUT2D eigenvalue weighted by atomic mass is 10.1. The van der Waals surface area contributed by atoms with Crippen molar-refractivity contribution in [2.24, 2.45) is 0 Å². The van der Waals surface area contributed by atoms with E-state index in [2.05, 4.69) is 15.9 Å². The first kappa shape index (κ1) is 19.5.